The van der Waals surface area contributed by atoms with Crippen LogP contribution in [0.5, 0.6) is 0 Å². The zero-order valence-electron chi connectivity index (χ0n) is 14.3. The number of carboxylic acid groups (broad SMARTS) is 1. The molecular weight excluding hydrogens is 386 g/mol. The van der Waals surface area contributed by atoms with Gasteiger partial charge in [0.25, 0.3) is 0 Å². The number of alkyl halides is 3. The topological polar surface area (TPSA) is 118 Å². The number of furan rings is 1. The molecule has 28 heavy (non-hydrogen) atoms. The zero-order chi connectivity index (χ0) is 20.5. The smallest absolute Gasteiger partial charge is 0.475 e. The molecular formula is C16H15F4N5O3. The summed E-state index contributed by atoms with van der Waals surface area (Å²) in [4.78, 5) is 19.4. The summed E-state index contributed by atoms with van der Waals surface area (Å²) < 4.78 is 51.6. The van der Waals surface area contributed by atoms with Crippen molar-refractivity contribution in [2.75, 3.05) is 36.8 Å². The summed E-state index contributed by atoms with van der Waals surface area (Å²) in [5, 5.41) is 10.8. The second kappa shape index (κ2) is 7.46. The first kappa shape index (κ1) is 19.6. The maximum absolute atomic E-state index is 14.1. The third-order valence-electron chi connectivity index (χ3n) is 3.95. The van der Waals surface area contributed by atoms with E-state index in [1.54, 1.807) is 12.1 Å². The maximum Gasteiger partial charge on any atom is 0.490 e. The second-order valence-electron chi connectivity index (χ2n) is 5.84. The molecule has 0 bridgehead atoms. The fourth-order valence-corrected chi connectivity index (χ4v) is 2.74. The van der Waals surface area contributed by atoms with Crippen LogP contribution >= 0.6 is 0 Å². The largest absolute Gasteiger partial charge is 0.490 e. The van der Waals surface area contributed by atoms with Crippen LogP contribution in [0.15, 0.2) is 22.6 Å². The molecule has 3 aromatic rings. The minimum Gasteiger partial charge on any atom is -0.475 e. The molecule has 0 spiro atoms. The van der Waals surface area contributed by atoms with Gasteiger partial charge in [0.1, 0.15) is 16.9 Å². The SMILES string of the molecule is Nc1nc(N2CCNCC2)c2oc3cccc(F)c3c2n1.O=C(O)C(F)(F)F. The number of nitrogens with two attached hydrogens (primary N) is 1. The van der Waals surface area contributed by atoms with E-state index in [1.165, 1.54) is 6.07 Å². The van der Waals surface area contributed by atoms with Gasteiger partial charge in [-0.2, -0.15) is 18.2 Å². The molecule has 12 heteroatoms. The number of hydrogen-bond donors (Lipinski definition) is 3. The van der Waals surface area contributed by atoms with E-state index in [-0.39, 0.29) is 11.8 Å². The van der Waals surface area contributed by atoms with E-state index in [1.807, 2.05) is 0 Å². The number of hydrogen-bond acceptors (Lipinski definition) is 7. The van der Waals surface area contributed by atoms with Crippen molar-refractivity contribution in [2.45, 2.75) is 6.18 Å². The lowest BCUT2D eigenvalue weighted by atomic mass is 10.2. The highest BCUT2D eigenvalue weighted by atomic mass is 19.4. The summed E-state index contributed by atoms with van der Waals surface area (Å²) in [6.45, 7) is 3.32. The molecule has 150 valence electrons. The average molecular weight is 401 g/mol. The van der Waals surface area contributed by atoms with Crippen LogP contribution in [-0.2, 0) is 4.79 Å². The van der Waals surface area contributed by atoms with Crippen molar-refractivity contribution >= 4 is 39.8 Å². The van der Waals surface area contributed by atoms with Gasteiger partial charge in [0, 0.05) is 26.2 Å². The number of carboxylic acids is 1. The molecule has 1 fully saturated rings. The predicted octanol–water partition coefficient (Wildman–Crippen LogP) is 2.14. The fraction of sp³-hybridized carbons (Fsp3) is 0.312. The fourth-order valence-electron chi connectivity index (χ4n) is 2.74. The third-order valence-corrected chi connectivity index (χ3v) is 3.95. The van der Waals surface area contributed by atoms with Crippen LogP contribution in [0.25, 0.3) is 22.1 Å². The molecule has 1 aliphatic heterocycles. The molecule has 3 heterocycles. The highest BCUT2D eigenvalue weighted by molar-refractivity contribution is 6.06. The average Bonchev–Trinajstić information content (AvgIpc) is 3.01. The van der Waals surface area contributed by atoms with Crippen LogP contribution in [0.3, 0.4) is 0 Å². The number of carbonyl (C=O) groups is 1. The van der Waals surface area contributed by atoms with Crippen molar-refractivity contribution in [2.24, 2.45) is 0 Å². The molecule has 4 N–H and O–H groups in total. The molecule has 0 amide bonds. The normalized spacial score (nSPS) is 14.8. The van der Waals surface area contributed by atoms with E-state index >= 15 is 0 Å². The molecule has 8 nitrogen and oxygen atoms in total. The lowest BCUT2D eigenvalue weighted by Gasteiger charge is -2.28. The van der Waals surface area contributed by atoms with Gasteiger partial charge in [-0.25, -0.2) is 14.2 Å². The number of anilines is 2. The van der Waals surface area contributed by atoms with E-state index in [9.17, 15) is 17.6 Å². The molecule has 2 aromatic heterocycles. The van der Waals surface area contributed by atoms with Crippen LogP contribution < -0.4 is 16.0 Å². The van der Waals surface area contributed by atoms with Gasteiger partial charge in [-0.05, 0) is 12.1 Å². The Kier molecular flexibility index (Phi) is 5.23. The number of nitrogens with one attached hydrogen (secondary N) is 1. The van der Waals surface area contributed by atoms with Gasteiger partial charge < -0.3 is 25.5 Å². The molecule has 0 aliphatic carbocycles. The predicted molar refractivity (Wildman–Crippen MR) is 92.5 cm³/mol. The van der Waals surface area contributed by atoms with Gasteiger partial charge in [0.15, 0.2) is 11.4 Å². The minimum absolute atomic E-state index is 0.127. The van der Waals surface area contributed by atoms with Gasteiger partial charge in [0.05, 0.1) is 5.39 Å². The van der Waals surface area contributed by atoms with Gasteiger partial charge >= 0.3 is 12.1 Å². The Hall–Kier alpha value is -3.15. The Morgan fingerprint density at radius 2 is 1.89 bits per heavy atom. The Morgan fingerprint density at radius 1 is 1.25 bits per heavy atom. The number of aliphatic carboxylic acids is 1. The Balaban J connectivity index is 0.000000279. The summed E-state index contributed by atoms with van der Waals surface area (Å²) >= 11 is 0. The Labute approximate surface area is 154 Å². The van der Waals surface area contributed by atoms with E-state index in [0.29, 0.717) is 27.9 Å². The minimum atomic E-state index is -5.08. The van der Waals surface area contributed by atoms with E-state index in [4.69, 9.17) is 20.1 Å². The molecule has 1 aliphatic rings. The Bertz CT molecular complexity index is 1010. The van der Waals surface area contributed by atoms with E-state index < -0.39 is 12.1 Å². The first-order chi connectivity index (χ1) is 13.2. The van der Waals surface area contributed by atoms with E-state index in [2.05, 4.69) is 20.2 Å². The number of fused-ring (bicyclic) bond motifs is 3. The summed E-state index contributed by atoms with van der Waals surface area (Å²) in [7, 11) is 0. The lowest BCUT2D eigenvalue weighted by Crippen LogP contribution is -2.44. The monoisotopic (exact) mass is 401 g/mol. The van der Waals surface area contributed by atoms with Crippen molar-refractivity contribution in [3.8, 4) is 0 Å². The van der Waals surface area contributed by atoms with Gasteiger partial charge in [-0.15, -0.1) is 0 Å². The van der Waals surface area contributed by atoms with E-state index in [0.717, 1.165) is 26.2 Å². The maximum atomic E-state index is 14.1. The van der Waals surface area contributed by atoms with Gasteiger partial charge in [-0.3, -0.25) is 0 Å². The number of rotatable bonds is 1. The van der Waals surface area contributed by atoms with Crippen molar-refractivity contribution in [3.63, 3.8) is 0 Å². The molecule has 0 saturated carbocycles. The van der Waals surface area contributed by atoms with Crippen LogP contribution in [-0.4, -0.2) is 53.4 Å². The van der Waals surface area contributed by atoms with Gasteiger partial charge in [0.2, 0.25) is 5.95 Å². The Morgan fingerprint density at radius 3 is 2.50 bits per heavy atom. The number of halogens is 4. The van der Waals surface area contributed by atoms with Crippen molar-refractivity contribution in [1.82, 2.24) is 15.3 Å². The third kappa shape index (κ3) is 3.91. The number of nitrogens with zero attached hydrogens (tertiary/aromatic N) is 3. The second-order valence-corrected chi connectivity index (χ2v) is 5.84. The van der Waals surface area contributed by atoms with Crippen LogP contribution in [0, 0.1) is 5.82 Å². The molecule has 0 unspecified atom stereocenters. The molecule has 1 aromatic carbocycles. The van der Waals surface area contributed by atoms with Crippen LogP contribution in [0.4, 0.5) is 29.3 Å². The quantitative estimate of drug-likeness (QED) is 0.531. The standard InChI is InChI=1S/C14H14FN5O.C2HF3O2/c15-8-2-1-3-9-10(8)11-12(21-9)13(19-14(16)18-11)20-6-4-17-5-7-20;3-2(4,5)1(6)7/h1-3,17H,4-7H2,(H2,16,18,19);(H,6,7). The lowest BCUT2D eigenvalue weighted by molar-refractivity contribution is -0.192. The summed E-state index contributed by atoms with van der Waals surface area (Å²) in [6.07, 6.45) is -5.08. The van der Waals surface area contributed by atoms with Crippen LogP contribution in [0.2, 0.25) is 0 Å². The molecule has 0 atom stereocenters. The van der Waals surface area contributed by atoms with Crippen molar-refractivity contribution in [3.05, 3.63) is 24.0 Å². The van der Waals surface area contributed by atoms with Crippen molar-refractivity contribution < 1.29 is 31.9 Å². The number of nitrogen functional groups attached to an aromatic ring is 1. The summed E-state index contributed by atoms with van der Waals surface area (Å²) in [5.74, 6) is -2.36. The molecule has 1 saturated heterocycles. The number of aromatic nitrogens is 2. The van der Waals surface area contributed by atoms with Crippen molar-refractivity contribution in [1.29, 1.82) is 0 Å². The highest BCUT2D eigenvalue weighted by Crippen LogP contribution is 2.34. The van der Waals surface area contributed by atoms with Crippen LogP contribution in [0.1, 0.15) is 0 Å². The molecule has 0 radical (unpaired) electrons. The molecule has 4 rings (SSSR count). The number of piperazine rings is 1. The summed E-state index contributed by atoms with van der Waals surface area (Å²) in [5.41, 5.74) is 7.19. The number of benzene rings is 1. The first-order valence-electron chi connectivity index (χ1n) is 8.08. The van der Waals surface area contributed by atoms with Gasteiger partial charge in [-0.1, -0.05) is 6.07 Å². The highest BCUT2D eigenvalue weighted by Gasteiger charge is 2.38. The summed E-state index contributed by atoms with van der Waals surface area (Å²) in [6, 6.07) is 4.72. The first-order valence-corrected chi connectivity index (χ1v) is 8.08. The zero-order valence-corrected chi connectivity index (χ0v) is 14.3.